The van der Waals surface area contributed by atoms with Crippen LogP contribution in [-0.4, -0.2) is 20.9 Å². The van der Waals surface area contributed by atoms with Crippen LogP contribution in [0.5, 0.6) is 0 Å². The number of nitrogens with two attached hydrogens (primary N) is 1. The van der Waals surface area contributed by atoms with Gasteiger partial charge in [0.15, 0.2) is 0 Å². The average Bonchev–Trinajstić information content (AvgIpc) is 2.62. The van der Waals surface area contributed by atoms with E-state index in [2.05, 4.69) is 15.0 Å². The zero-order valence-electron chi connectivity index (χ0n) is 15.3. The summed E-state index contributed by atoms with van der Waals surface area (Å²) in [6.07, 6.45) is 3.50. The number of rotatable bonds is 5. The molecule has 0 saturated carbocycles. The minimum Gasteiger partial charge on any atom is -0.369 e. The summed E-state index contributed by atoms with van der Waals surface area (Å²) in [5.41, 5.74) is 6.85. The largest absolute Gasteiger partial charge is 0.369 e. The number of amides is 1. The molecule has 0 spiro atoms. The van der Waals surface area contributed by atoms with Crippen LogP contribution >= 0.6 is 23.2 Å². The molecule has 0 aliphatic rings. The molecule has 8 heteroatoms. The van der Waals surface area contributed by atoms with Crippen molar-refractivity contribution in [3.8, 4) is 22.6 Å². The van der Waals surface area contributed by atoms with Crippen molar-refractivity contribution in [2.45, 2.75) is 20.3 Å². The maximum atomic E-state index is 12.2. The molecule has 0 atom stereocenters. The van der Waals surface area contributed by atoms with Crippen LogP contribution in [-0.2, 0) is 11.2 Å². The predicted molar refractivity (Wildman–Crippen MR) is 110 cm³/mol. The summed E-state index contributed by atoms with van der Waals surface area (Å²) in [6.45, 7) is 3.55. The van der Waals surface area contributed by atoms with Gasteiger partial charge in [-0.05, 0) is 30.2 Å². The molecule has 1 amide bonds. The summed E-state index contributed by atoms with van der Waals surface area (Å²) >= 11 is 12.3. The van der Waals surface area contributed by atoms with Gasteiger partial charge in [-0.15, -0.1) is 0 Å². The first-order valence-corrected chi connectivity index (χ1v) is 9.22. The smallest absolute Gasteiger partial charge is 0.251 e. The van der Waals surface area contributed by atoms with Gasteiger partial charge in [-0.2, -0.15) is 0 Å². The van der Waals surface area contributed by atoms with Gasteiger partial charge < -0.3 is 10.7 Å². The van der Waals surface area contributed by atoms with E-state index in [4.69, 9.17) is 28.9 Å². The molecule has 28 heavy (non-hydrogen) atoms. The summed E-state index contributed by atoms with van der Waals surface area (Å²) in [4.78, 5) is 35.1. The normalized spacial score (nSPS) is 11.4. The van der Waals surface area contributed by atoms with E-state index in [-0.39, 0.29) is 5.56 Å². The maximum Gasteiger partial charge on any atom is 0.251 e. The number of aromatic amines is 1. The molecule has 144 valence electrons. The Morgan fingerprint density at radius 1 is 1.18 bits per heavy atom. The van der Waals surface area contributed by atoms with Crippen molar-refractivity contribution in [3.05, 3.63) is 68.7 Å². The average molecular weight is 417 g/mol. The zero-order chi connectivity index (χ0) is 20.5. The molecule has 3 rings (SSSR count). The fourth-order valence-corrected chi connectivity index (χ4v) is 3.13. The Morgan fingerprint density at radius 2 is 1.93 bits per heavy atom. The Kier molecular flexibility index (Phi) is 5.54. The van der Waals surface area contributed by atoms with E-state index in [1.165, 1.54) is 12.3 Å². The number of primary amides is 1. The van der Waals surface area contributed by atoms with Gasteiger partial charge in [-0.3, -0.25) is 14.6 Å². The lowest BCUT2D eigenvalue weighted by molar-refractivity contribution is -0.125. The first-order chi connectivity index (χ1) is 13.2. The highest BCUT2D eigenvalue weighted by atomic mass is 35.5. The Bertz CT molecular complexity index is 1110. The molecule has 6 nitrogen and oxygen atoms in total. The Balaban J connectivity index is 2.07. The highest BCUT2D eigenvalue weighted by Crippen LogP contribution is 2.30. The topological polar surface area (TPSA) is 102 Å². The number of H-pyrrole nitrogens is 1. The van der Waals surface area contributed by atoms with E-state index in [1.807, 2.05) is 6.07 Å². The quantitative estimate of drug-likeness (QED) is 0.658. The Morgan fingerprint density at radius 3 is 2.61 bits per heavy atom. The van der Waals surface area contributed by atoms with Gasteiger partial charge in [0.05, 0.1) is 15.7 Å². The van der Waals surface area contributed by atoms with Crippen molar-refractivity contribution in [3.63, 3.8) is 0 Å². The van der Waals surface area contributed by atoms with Crippen LogP contribution in [0.3, 0.4) is 0 Å². The van der Waals surface area contributed by atoms with E-state index in [1.54, 1.807) is 38.2 Å². The third-order valence-electron chi connectivity index (χ3n) is 4.34. The zero-order valence-corrected chi connectivity index (χ0v) is 16.8. The molecule has 3 N–H and O–H groups in total. The van der Waals surface area contributed by atoms with Crippen molar-refractivity contribution in [1.29, 1.82) is 0 Å². The highest BCUT2D eigenvalue weighted by Gasteiger charge is 2.25. The number of carbonyl (C=O) groups excluding carboxylic acids is 1. The third-order valence-corrected chi connectivity index (χ3v) is 4.88. The second-order valence-electron chi connectivity index (χ2n) is 7.11. The summed E-state index contributed by atoms with van der Waals surface area (Å²) in [6, 6.07) is 8.36. The van der Waals surface area contributed by atoms with Gasteiger partial charge in [-0.25, -0.2) is 4.98 Å². The number of hydrogen-bond donors (Lipinski definition) is 2. The molecule has 0 saturated heterocycles. The van der Waals surface area contributed by atoms with Gasteiger partial charge in [0, 0.05) is 35.0 Å². The van der Waals surface area contributed by atoms with Gasteiger partial charge in [0.1, 0.15) is 5.82 Å². The van der Waals surface area contributed by atoms with E-state index < -0.39 is 11.3 Å². The number of aromatic nitrogens is 3. The molecule has 2 aromatic heterocycles. The first-order valence-electron chi connectivity index (χ1n) is 8.47. The number of nitrogens with zero attached hydrogens (tertiary/aromatic N) is 2. The van der Waals surface area contributed by atoms with Crippen LogP contribution in [0.2, 0.25) is 10.0 Å². The van der Waals surface area contributed by atoms with Crippen molar-refractivity contribution in [2.75, 3.05) is 0 Å². The highest BCUT2D eigenvalue weighted by molar-refractivity contribution is 6.33. The summed E-state index contributed by atoms with van der Waals surface area (Å²) < 4.78 is 0. The lowest BCUT2D eigenvalue weighted by atomic mass is 9.85. The molecule has 0 unspecified atom stereocenters. The molecule has 0 fully saturated rings. The lowest BCUT2D eigenvalue weighted by Gasteiger charge is -2.20. The molecule has 3 aromatic rings. The lowest BCUT2D eigenvalue weighted by Crippen LogP contribution is -2.33. The van der Waals surface area contributed by atoms with E-state index in [0.29, 0.717) is 39.1 Å². The first kappa shape index (κ1) is 20.0. The SMILES string of the molecule is CC(C)(Cc1ccc(Cl)c(-c2nc(-c3cncc(Cl)c3)cc(=O)[nH]2)c1)C(N)=O. The molecule has 1 aromatic carbocycles. The van der Waals surface area contributed by atoms with Crippen LogP contribution in [0.4, 0.5) is 0 Å². The number of nitrogens with one attached hydrogen (secondary N) is 1. The third kappa shape index (κ3) is 4.40. The van der Waals surface area contributed by atoms with Gasteiger partial charge in [-0.1, -0.05) is 43.1 Å². The number of pyridine rings is 1. The van der Waals surface area contributed by atoms with Crippen LogP contribution in [0.1, 0.15) is 19.4 Å². The van der Waals surface area contributed by atoms with Crippen molar-refractivity contribution >= 4 is 29.1 Å². The van der Waals surface area contributed by atoms with Crippen molar-refractivity contribution in [1.82, 2.24) is 15.0 Å². The summed E-state index contributed by atoms with van der Waals surface area (Å²) in [5.74, 6) is -0.0859. The standard InChI is InChI=1S/C20H18Cl2N4O2/c1-20(2,19(23)28)8-11-3-4-15(22)14(5-11)18-25-16(7-17(27)26-18)12-6-13(21)10-24-9-12/h3-7,9-10H,8H2,1-2H3,(H2,23,28)(H,25,26,27). The maximum absolute atomic E-state index is 12.2. The number of hydrogen-bond acceptors (Lipinski definition) is 4. The van der Waals surface area contributed by atoms with Crippen LogP contribution in [0.25, 0.3) is 22.6 Å². The van der Waals surface area contributed by atoms with Crippen LogP contribution in [0, 0.1) is 5.41 Å². The second-order valence-corrected chi connectivity index (χ2v) is 7.95. The van der Waals surface area contributed by atoms with E-state index in [0.717, 1.165) is 5.56 Å². The molecular formula is C20H18Cl2N4O2. The fraction of sp³-hybridized carbons (Fsp3) is 0.200. The number of carbonyl (C=O) groups is 1. The van der Waals surface area contributed by atoms with Crippen molar-refractivity contribution < 1.29 is 4.79 Å². The molecule has 0 aliphatic heterocycles. The van der Waals surface area contributed by atoms with Gasteiger partial charge in [0.2, 0.25) is 5.91 Å². The monoisotopic (exact) mass is 416 g/mol. The van der Waals surface area contributed by atoms with Gasteiger partial charge >= 0.3 is 0 Å². The second kappa shape index (κ2) is 7.73. The Labute approximate surface area is 171 Å². The molecular weight excluding hydrogens is 399 g/mol. The van der Waals surface area contributed by atoms with E-state index in [9.17, 15) is 9.59 Å². The summed E-state index contributed by atoms with van der Waals surface area (Å²) in [5, 5.41) is 0.861. The summed E-state index contributed by atoms with van der Waals surface area (Å²) in [7, 11) is 0. The molecule has 0 radical (unpaired) electrons. The number of halogens is 2. The molecule has 0 bridgehead atoms. The minimum atomic E-state index is -0.722. The van der Waals surface area contributed by atoms with Gasteiger partial charge in [0.25, 0.3) is 5.56 Å². The minimum absolute atomic E-state index is 0.311. The van der Waals surface area contributed by atoms with Crippen molar-refractivity contribution in [2.24, 2.45) is 11.1 Å². The van der Waals surface area contributed by atoms with Crippen LogP contribution < -0.4 is 11.3 Å². The predicted octanol–water partition coefficient (Wildman–Crippen LogP) is 3.86. The van der Waals surface area contributed by atoms with Crippen LogP contribution in [0.15, 0.2) is 47.5 Å². The molecule has 2 heterocycles. The van der Waals surface area contributed by atoms with E-state index >= 15 is 0 Å². The number of benzene rings is 1. The fourth-order valence-electron chi connectivity index (χ4n) is 2.75. The molecule has 0 aliphatic carbocycles. The Hall–Kier alpha value is -2.70.